The summed E-state index contributed by atoms with van der Waals surface area (Å²) in [6.07, 6.45) is 0. The molecule has 1 N–H and O–H groups in total. The molecule has 1 nitrogen and oxygen atoms in total. The van der Waals surface area contributed by atoms with Crippen LogP contribution in [-0.2, 0) is 0 Å². The molecule has 82 valence electrons. The van der Waals surface area contributed by atoms with E-state index in [0.717, 1.165) is 0 Å². The molecule has 0 radical (unpaired) electrons. The Bertz CT molecular complexity index is 570. The quantitative estimate of drug-likeness (QED) is 0.607. The van der Waals surface area contributed by atoms with Crippen molar-refractivity contribution < 1.29 is 0 Å². The van der Waals surface area contributed by atoms with Crippen LogP contribution in [0.15, 0.2) is 26.6 Å². The summed E-state index contributed by atoms with van der Waals surface area (Å²) in [5.74, 6) is 0. The Morgan fingerprint density at radius 2 is 1.81 bits per heavy atom. The second-order valence-electron chi connectivity index (χ2n) is 4.19. The zero-order chi connectivity index (χ0) is 11.3. The molecule has 0 bridgehead atoms. The molecule has 0 amide bonds. The average molecular weight is 247 g/mol. The van der Waals surface area contributed by atoms with Gasteiger partial charge < -0.3 is 5.32 Å². The van der Waals surface area contributed by atoms with Crippen molar-refractivity contribution in [3.8, 4) is 0 Å². The van der Waals surface area contributed by atoms with Crippen molar-refractivity contribution in [2.75, 3.05) is 5.32 Å². The van der Waals surface area contributed by atoms with E-state index in [2.05, 4.69) is 43.6 Å². The Balaban J connectivity index is 2.17. The maximum absolute atomic E-state index is 3.59. The van der Waals surface area contributed by atoms with Gasteiger partial charge in [-0.15, -0.1) is 11.3 Å². The van der Waals surface area contributed by atoms with Crippen LogP contribution in [0.2, 0.25) is 0 Å². The van der Waals surface area contributed by atoms with Gasteiger partial charge in [-0.3, -0.25) is 0 Å². The fraction of sp³-hybridized carbons (Fsp3) is 0.231. The monoisotopic (exact) mass is 247 g/mol. The van der Waals surface area contributed by atoms with E-state index in [1.54, 1.807) is 0 Å². The number of hydrogen-bond acceptors (Lipinski definition) is 3. The molecule has 16 heavy (non-hydrogen) atoms. The van der Waals surface area contributed by atoms with Crippen molar-refractivity contribution in [2.45, 2.75) is 29.9 Å². The number of thiophene rings is 1. The number of rotatable bonds is 0. The highest BCUT2D eigenvalue weighted by Gasteiger charge is 2.20. The summed E-state index contributed by atoms with van der Waals surface area (Å²) in [6.45, 7) is 6.52. The van der Waals surface area contributed by atoms with Crippen LogP contribution >= 0.6 is 23.1 Å². The van der Waals surface area contributed by atoms with E-state index in [1.807, 2.05) is 23.1 Å². The van der Waals surface area contributed by atoms with Gasteiger partial charge in [-0.05, 0) is 48.9 Å². The Hall–Kier alpha value is -0.930. The van der Waals surface area contributed by atoms with Crippen LogP contribution in [0.4, 0.5) is 11.4 Å². The van der Waals surface area contributed by atoms with Gasteiger partial charge in [0.25, 0.3) is 0 Å². The zero-order valence-corrected chi connectivity index (χ0v) is 11.2. The first-order valence-corrected chi connectivity index (χ1v) is 6.99. The van der Waals surface area contributed by atoms with Crippen LogP contribution < -0.4 is 5.32 Å². The van der Waals surface area contributed by atoms with E-state index in [-0.39, 0.29) is 0 Å². The Labute approximate surface area is 104 Å². The summed E-state index contributed by atoms with van der Waals surface area (Å²) < 4.78 is 1.38. The molecule has 3 rings (SSSR count). The van der Waals surface area contributed by atoms with Crippen molar-refractivity contribution in [1.82, 2.24) is 0 Å². The molecule has 0 aliphatic carbocycles. The highest BCUT2D eigenvalue weighted by Crippen LogP contribution is 2.49. The third kappa shape index (κ3) is 1.39. The molecule has 0 saturated heterocycles. The highest BCUT2D eigenvalue weighted by molar-refractivity contribution is 8.01. The van der Waals surface area contributed by atoms with Gasteiger partial charge in [-0.2, -0.15) is 0 Å². The predicted octanol–water partition coefficient (Wildman–Crippen LogP) is 4.88. The fourth-order valence-corrected chi connectivity index (χ4v) is 4.20. The minimum absolute atomic E-state index is 1.29. The van der Waals surface area contributed by atoms with Crippen LogP contribution in [0.3, 0.4) is 0 Å². The molecule has 0 spiro atoms. The van der Waals surface area contributed by atoms with E-state index in [1.165, 1.54) is 37.2 Å². The summed E-state index contributed by atoms with van der Waals surface area (Å²) >= 11 is 3.71. The fourth-order valence-electron chi connectivity index (χ4n) is 1.90. The van der Waals surface area contributed by atoms with Gasteiger partial charge in [-0.1, -0.05) is 17.8 Å². The van der Waals surface area contributed by atoms with Gasteiger partial charge >= 0.3 is 0 Å². The lowest BCUT2D eigenvalue weighted by Gasteiger charge is -2.21. The zero-order valence-electron chi connectivity index (χ0n) is 9.55. The molecular formula is C13H13NS2. The molecule has 0 atom stereocenters. The largest absolute Gasteiger partial charge is 0.353 e. The van der Waals surface area contributed by atoms with E-state index in [9.17, 15) is 0 Å². The lowest BCUT2D eigenvalue weighted by atomic mass is 10.1. The van der Waals surface area contributed by atoms with Crippen molar-refractivity contribution >= 4 is 34.5 Å². The number of fused-ring (bicyclic) bond motifs is 2. The van der Waals surface area contributed by atoms with Gasteiger partial charge in [-0.25, -0.2) is 0 Å². The molecule has 1 aliphatic heterocycles. The number of nitrogens with one attached hydrogen (secondary N) is 1. The molecular weight excluding hydrogens is 234 g/mol. The number of benzene rings is 1. The van der Waals surface area contributed by atoms with Gasteiger partial charge in [0, 0.05) is 4.90 Å². The summed E-state index contributed by atoms with van der Waals surface area (Å²) in [5, 5.41) is 5.81. The highest BCUT2D eigenvalue weighted by atomic mass is 32.2. The van der Waals surface area contributed by atoms with Gasteiger partial charge in [0.2, 0.25) is 0 Å². The first-order valence-electron chi connectivity index (χ1n) is 5.30. The summed E-state index contributed by atoms with van der Waals surface area (Å²) in [4.78, 5) is 1.34. The van der Waals surface area contributed by atoms with Gasteiger partial charge in [0.15, 0.2) is 0 Å². The Kier molecular flexibility index (Phi) is 2.26. The van der Waals surface area contributed by atoms with Crippen LogP contribution in [0.5, 0.6) is 0 Å². The minimum Gasteiger partial charge on any atom is -0.353 e. The van der Waals surface area contributed by atoms with Crippen LogP contribution in [0.25, 0.3) is 0 Å². The molecule has 1 aliphatic rings. The van der Waals surface area contributed by atoms with Gasteiger partial charge in [0.1, 0.15) is 0 Å². The molecule has 0 fully saturated rings. The maximum Gasteiger partial charge on any atom is 0.0885 e. The number of hydrogen-bond donors (Lipinski definition) is 1. The Morgan fingerprint density at radius 1 is 1.00 bits per heavy atom. The smallest absolute Gasteiger partial charge is 0.0885 e. The first kappa shape index (κ1) is 10.2. The first-order chi connectivity index (χ1) is 7.66. The van der Waals surface area contributed by atoms with Crippen LogP contribution in [0, 0.1) is 20.8 Å². The Morgan fingerprint density at radius 3 is 2.62 bits per heavy atom. The maximum atomic E-state index is 3.59. The van der Waals surface area contributed by atoms with Crippen molar-refractivity contribution in [1.29, 1.82) is 0 Å². The third-order valence-corrected chi connectivity index (χ3v) is 5.47. The third-order valence-electron chi connectivity index (χ3n) is 3.09. The van der Waals surface area contributed by atoms with E-state index >= 15 is 0 Å². The topological polar surface area (TPSA) is 12.0 Å². The van der Waals surface area contributed by atoms with E-state index in [0.29, 0.717) is 0 Å². The molecule has 3 heteroatoms. The summed E-state index contributed by atoms with van der Waals surface area (Å²) in [6, 6.07) is 4.42. The molecule has 1 aromatic carbocycles. The lowest BCUT2D eigenvalue weighted by molar-refractivity contribution is 1.25. The summed E-state index contributed by atoms with van der Waals surface area (Å²) in [5.41, 5.74) is 6.65. The molecule has 0 saturated carbocycles. The van der Waals surface area contributed by atoms with E-state index < -0.39 is 0 Å². The van der Waals surface area contributed by atoms with Crippen molar-refractivity contribution in [2.24, 2.45) is 0 Å². The molecule has 1 aromatic heterocycles. The lowest BCUT2D eigenvalue weighted by Crippen LogP contribution is -2.01. The molecule has 0 unspecified atom stereocenters. The average Bonchev–Trinajstić information content (AvgIpc) is 2.64. The second-order valence-corrected chi connectivity index (χ2v) is 6.38. The van der Waals surface area contributed by atoms with E-state index in [4.69, 9.17) is 0 Å². The number of anilines is 2. The van der Waals surface area contributed by atoms with Crippen molar-refractivity contribution in [3.05, 3.63) is 34.2 Å². The minimum atomic E-state index is 1.29. The normalized spacial score (nSPS) is 12.9. The van der Waals surface area contributed by atoms with Crippen LogP contribution in [-0.4, -0.2) is 0 Å². The predicted molar refractivity (Wildman–Crippen MR) is 72.4 cm³/mol. The molecule has 2 heterocycles. The SMILES string of the molecule is Cc1ccc2c(c1C)Nc1c(C)csc1S2. The second kappa shape index (κ2) is 3.54. The molecule has 2 aromatic rings. The number of aryl methyl sites for hydroxylation is 2. The standard InChI is InChI=1S/C13H13NS2/c1-7-4-5-10-12(9(7)3)14-11-8(2)6-15-13(11)16-10/h4-6,14H,1-3H3. The summed E-state index contributed by atoms with van der Waals surface area (Å²) in [7, 11) is 0. The van der Waals surface area contributed by atoms with Crippen molar-refractivity contribution in [3.63, 3.8) is 0 Å². The van der Waals surface area contributed by atoms with Gasteiger partial charge in [0.05, 0.1) is 15.6 Å². The van der Waals surface area contributed by atoms with Crippen LogP contribution in [0.1, 0.15) is 16.7 Å².